The van der Waals surface area contributed by atoms with E-state index in [-0.39, 0.29) is 78.5 Å². The maximum Gasteiger partial charge on any atom is 0.330 e. The van der Waals surface area contributed by atoms with Crippen LogP contribution in [-0.2, 0) is 45.0 Å². The predicted molar refractivity (Wildman–Crippen MR) is 270 cm³/mol. The molecule has 0 spiro atoms. The number of nitrogens with zero attached hydrogens (tertiary/aromatic N) is 7. The molecule has 2 aromatic carbocycles. The van der Waals surface area contributed by atoms with Crippen molar-refractivity contribution in [3.05, 3.63) is 81.9 Å². The van der Waals surface area contributed by atoms with Crippen LogP contribution < -0.4 is 30.7 Å². The standard InChI is InChI=1S/C48H55Cl2N11O14/c1-28-36-27-75-39-19-38(74-2)34(17-35(39)47(36)61(56-28)33-15-30(49)14-31(50)16-33)29-13-32(21-51-20-29)54-40(62)3-4-52-41(63)22-53-48(73)37(18-43(65)66)55-42(64)23-57-5-7-58(24-44(67)68)9-11-60(26-46(71)72)12-10-59(8-6-57)25-45(69)70/h13-21H,3-12,22-27H2,1-2H3,(H,52,63)(H,53,73)(H,54,62)(H,55,64)(H,65,66)(H,67,68)(H,69,70)(H,71,72)/b37-18+. The Balaban J connectivity index is 1.03. The Morgan fingerprint density at radius 3 is 1.83 bits per heavy atom. The van der Waals surface area contributed by atoms with Gasteiger partial charge in [-0.05, 0) is 37.3 Å². The number of nitrogens with one attached hydrogen (secondary N) is 4. The second-order valence-electron chi connectivity index (χ2n) is 17.3. The number of hydrogen-bond acceptors (Lipinski definition) is 16. The molecule has 6 rings (SSSR count). The summed E-state index contributed by atoms with van der Waals surface area (Å²) in [6.45, 7) is 0.676. The number of carboxylic acids is 4. The molecule has 25 nitrogen and oxygen atoms in total. The lowest BCUT2D eigenvalue weighted by Gasteiger charge is -2.32. The Hall–Kier alpha value is -7.68. The van der Waals surface area contributed by atoms with Gasteiger partial charge in [0.15, 0.2) is 0 Å². The molecule has 2 aliphatic heterocycles. The van der Waals surface area contributed by atoms with Crippen molar-refractivity contribution in [2.45, 2.75) is 20.0 Å². The number of aryl methyl sites for hydroxylation is 1. The summed E-state index contributed by atoms with van der Waals surface area (Å²) in [4.78, 5) is 109. The Labute approximate surface area is 438 Å². The highest BCUT2D eigenvalue weighted by Crippen LogP contribution is 2.46. The van der Waals surface area contributed by atoms with E-state index >= 15 is 0 Å². The normalized spacial score (nSPS) is 14.9. The number of aromatic nitrogens is 3. The number of halogens is 2. The number of fused-ring (bicyclic) bond motifs is 3. The number of amides is 4. The SMILES string of the molecule is COc1cc2c(cc1-c1cncc(NC(=O)CCNC(=O)CNC(=O)/C(=C\C(=O)O)NC(=O)CN3CCN(CC(=O)O)CCN(CC(=O)O)CCN(CC(=O)O)CC3)c1)-c1c(c(C)nn1-c1cc(Cl)cc(Cl)c1)CO2. The van der Waals surface area contributed by atoms with Crippen molar-refractivity contribution < 1.29 is 68.3 Å². The summed E-state index contributed by atoms with van der Waals surface area (Å²) in [6, 6.07) is 10.5. The van der Waals surface area contributed by atoms with Crippen molar-refractivity contribution in [1.82, 2.24) is 50.3 Å². The van der Waals surface area contributed by atoms with Gasteiger partial charge in [0.25, 0.3) is 5.91 Å². The Morgan fingerprint density at radius 1 is 0.707 bits per heavy atom. The number of carboxylic acid groups (broad SMARTS) is 4. The Bertz CT molecular complexity index is 2810. The fourth-order valence-corrected chi connectivity index (χ4v) is 8.75. The van der Waals surface area contributed by atoms with Crippen LogP contribution in [-0.4, -0.2) is 201 Å². The zero-order valence-corrected chi connectivity index (χ0v) is 42.3. The summed E-state index contributed by atoms with van der Waals surface area (Å²) in [6.07, 6.45) is 3.27. The van der Waals surface area contributed by atoms with Crippen LogP contribution >= 0.6 is 23.2 Å². The number of benzene rings is 2. The maximum atomic E-state index is 13.3. The number of carbonyl (C=O) groups is 8. The summed E-state index contributed by atoms with van der Waals surface area (Å²) >= 11 is 12.7. The predicted octanol–water partition coefficient (Wildman–Crippen LogP) is 1.24. The highest BCUT2D eigenvalue weighted by atomic mass is 35.5. The summed E-state index contributed by atoms with van der Waals surface area (Å²) in [5.41, 5.74) is 4.56. The summed E-state index contributed by atoms with van der Waals surface area (Å²) in [5.74, 6) is -7.18. The molecule has 0 bridgehead atoms. The van der Waals surface area contributed by atoms with E-state index in [0.717, 1.165) is 17.0 Å². The minimum absolute atomic E-state index is 0.0745. The van der Waals surface area contributed by atoms with Crippen LogP contribution in [0.1, 0.15) is 17.7 Å². The molecule has 0 unspecified atom stereocenters. The third-order valence-corrected chi connectivity index (χ3v) is 12.2. The van der Waals surface area contributed by atoms with E-state index in [0.29, 0.717) is 55.7 Å². The fourth-order valence-electron chi connectivity index (χ4n) is 8.24. The molecule has 1 saturated heterocycles. The Kier molecular flexibility index (Phi) is 20.0. The molecule has 27 heteroatoms. The van der Waals surface area contributed by atoms with E-state index < -0.39 is 79.4 Å². The molecule has 0 radical (unpaired) electrons. The zero-order valence-electron chi connectivity index (χ0n) is 40.8. The number of rotatable bonds is 20. The maximum absolute atomic E-state index is 13.3. The molecular weight excluding hydrogens is 1030 g/mol. The second-order valence-corrected chi connectivity index (χ2v) is 18.2. The zero-order chi connectivity index (χ0) is 54.3. The first-order chi connectivity index (χ1) is 35.7. The first-order valence-electron chi connectivity index (χ1n) is 23.2. The average molecular weight is 1080 g/mol. The average Bonchev–Trinajstić information content (AvgIpc) is 3.68. The van der Waals surface area contributed by atoms with Gasteiger partial charge in [-0.1, -0.05) is 23.2 Å². The number of pyridine rings is 1. The van der Waals surface area contributed by atoms with Gasteiger partial charge in [0.2, 0.25) is 17.7 Å². The minimum atomic E-state index is -1.59. The topological polar surface area (TPSA) is 328 Å². The van der Waals surface area contributed by atoms with E-state index in [9.17, 15) is 58.8 Å². The largest absolute Gasteiger partial charge is 0.496 e. The fraction of sp³-hybridized carbons (Fsp3) is 0.375. The third-order valence-electron chi connectivity index (χ3n) is 11.8. The summed E-state index contributed by atoms with van der Waals surface area (Å²) in [5, 5.41) is 53.3. The van der Waals surface area contributed by atoms with Crippen molar-refractivity contribution in [3.63, 3.8) is 0 Å². The van der Waals surface area contributed by atoms with Crippen LogP contribution in [0.4, 0.5) is 5.69 Å². The quantitative estimate of drug-likeness (QED) is 0.0577. The van der Waals surface area contributed by atoms with Gasteiger partial charge in [0.1, 0.15) is 23.8 Å². The summed E-state index contributed by atoms with van der Waals surface area (Å²) in [7, 11) is 1.51. The van der Waals surface area contributed by atoms with Crippen LogP contribution in [0, 0.1) is 6.92 Å². The van der Waals surface area contributed by atoms with Crippen LogP contribution in [0.3, 0.4) is 0 Å². The molecule has 400 valence electrons. The first kappa shape index (κ1) is 56.6. The van der Waals surface area contributed by atoms with Crippen molar-refractivity contribution in [2.75, 3.05) is 104 Å². The molecular formula is C48H55Cl2N11O14. The van der Waals surface area contributed by atoms with Crippen molar-refractivity contribution in [1.29, 1.82) is 0 Å². The van der Waals surface area contributed by atoms with E-state index in [1.54, 1.807) is 60.8 Å². The van der Waals surface area contributed by atoms with Gasteiger partial charge >= 0.3 is 23.9 Å². The van der Waals surface area contributed by atoms with Crippen LogP contribution in [0.25, 0.3) is 28.1 Å². The van der Waals surface area contributed by atoms with Crippen LogP contribution in [0.15, 0.2) is 60.6 Å². The molecule has 0 saturated carbocycles. The van der Waals surface area contributed by atoms with E-state index in [4.69, 9.17) is 37.8 Å². The monoisotopic (exact) mass is 1080 g/mol. The first-order valence-corrected chi connectivity index (χ1v) is 24.0. The van der Waals surface area contributed by atoms with Gasteiger partial charge in [0.05, 0.1) is 74.9 Å². The molecule has 4 aromatic rings. The van der Waals surface area contributed by atoms with Crippen molar-refractivity contribution in [3.8, 4) is 39.6 Å². The molecule has 4 heterocycles. The lowest BCUT2D eigenvalue weighted by atomic mass is 9.96. The third kappa shape index (κ3) is 16.7. The number of anilines is 1. The highest BCUT2D eigenvalue weighted by molar-refractivity contribution is 6.34. The van der Waals surface area contributed by atoms with Gasteiger partial charge in [-0.2, -0.15) is 5.10 Å². The van der Waals surface area contributed by atoms with Crippen LogP contribution in [0.2, 0.25) is 10.0 Å². The van der Waals surface area contributed by atoms with Gasteiger partial charge in [-0.25, -0.2) is 9.48 Å². The van der Waals surface area contributed by atoms with E-state index in [2.05, 4.69) is 26.3 Å². The molecule has 8 N–H and O–H groups in total. The lowest BCUT2D eigenvalue weighted by Crippen LogP contribution is -2.50. The van der Waals surface area contributed by atoms with Crippen molar-refractivity contribution in [2.24, 2.45) is 0 Å². The number of carbonyl (C=O) groups excluding carboxylic acids is 4. The van der Waals surface area contributed by atoms with E-state index in [1.807, 2.05) is 13.0 Å². The highest BCUT2D eigenvalue weighted by Gasteiger charge is 2.29. The molecule has 0 aliphatic carbocycles. The molecule has 2 aliphatic rings. The number of ether oxygens (including phenoxy) is 2. The molecule has 75 heavy (non-hydrogen) atoms. The summed E-state index contributed by atoms with van der Waals surface area (Å²) < 4.78 is 13.7. The number of aliphatic carboxylic acids is 4. The molecule has 4 amide bonds. The lowest BCUT2D eigenvalue weighted by molar-refractivity contribution is -0.140. The van der Waals surface area contributed by atoms with E-state index in [1.165, 1.54) is 13.3 Å². The van der Waals surface area contributed by atoms with Gasteiger partial charge in [-0.15, -0.1) is 0 Å². The number of methoxy groups -OCH3 is 1. The van der Waals surface area contributed by atoms with Crippen LogP contribution in [0.5, 0.6) is 11.5 Å². The molecule has 2 aromatic heterocycles. The smallest absolute Gasteiger partial charge is 0.330 e. The Morgan fingerprint density at radius 2 is 1.28 bits per heavy atom. The van der Waals surface area contributed by atoms with Crippen molar-refractivity contribution >= 4 is 76.4 Å². The number of hydrogen-bond donors (Lipinski definition) is 8. The van der Waals surface area contributed by atoms with Gasteiger partial charge in [0, 0.05) is 110 Å². The van der Waals surface area contributed by atoms with Gasteiger partial charge in [-0.3, -0.25) is 58.1 Å². The minimum Gasteiger partial charge on any atom is -0.496 e. The second kappa shape index (κ2) is 26.5. The van der Waals surface area contributed by atoms with Gasteiger partial charge < -0.3 is 51.2 Å². The molecule has 1 fully saturated rings. The molecule has 0 atom stereocenters.